The van der Waals surface area contributed by atoms with Gasteiger partial charge in [0.25, 0.3) is 0 Å². The Morgan fingerprint density at radius 1 is 1.38 bits per heavy atom. The summed E-state index contributed by atoms with van der Waals surface area (Å²) in [5.41, 5.74) is -0.131. The number of hydrogen-bond acceptors (Lipinski definition) is 4. The zero-order valence-electron chi connectivity index (χ0n) is 12.6. The lowest BCUT2D eigenvalue weighted by Crippen LogP contribution is -2.50. The Morgan fingerprint density at radius 3 is 2.57 bits per heavy atom. The van der Waals surface area contributed by atoms with Crippen molar-refractivity contribution in [1.82, 2.24) is 10.3 Å². The maximum atomic E-state index is 12.2. The van der Waals surface area contributed by atoms with Crippen LogP contribution < -0.4 is 5.32 Å². The minimum atomic E-state index is -0.533. The van der Waals surface area contributed by atoms with E-state index in [1.807, 2.05) is 26.8 Å². The molecular formula is C15H21ClN2O3. The first-order chi connectivity index (χ1) is 9.81. The van der Waals surface area contributed by atoms with E-state index < -0.39 is 17.2 Å². The van der Waals surface area contributed by atoms with E-state index >= 15 is 0 Å². The summed E-state index contributed by atoms with van der Waals surface area (Å²) in [7, 11) is 0. The molecule has 0 atom stereocenters. The highest BCUT2D eigenvalue weighted by molar-refractivity contribution is 6.29. The van der Waals surface area contributed by atoms with Gasteiger partial charge in [-0.1, -0.05) is 17.7 Å². The van der Waals surface area contributed by atoms with E-state index in [0.29, 0.717) is 31.2 Å². The third-order valence-electron chi connectivity index (χ3n) is 3.37. The number of pyridine rings is 1. The van der Waals surface area contributed by atoms with Gasteiger partial charge in [-0.2, -0.15) is 0 Å². The average molecular weight is 313 g/mol. The van der Waals surface area contributed by atoms with E-state index in [1.165, 1.54) is 0 Å². The van der Waals surface area contributed by atoms with E-state index in [0.717, 1.165) is 5.56 Å². The summed E-state index contributed by atoms with van der Waals surface area (Å²) in [6, 6.07) is 3.61. The molecule has 0 unspecified atom stereocenters. The minimum absolute atomic E-state index is 0.429. The molecule has 0 saturated carbocycles. The SMILES string of the molecule is CC(C)(C)OC(=O)NC1(c2ccc(Cl)nc2)CCOCC1. The Hall–Kier alpha value is -1.33. The van der Waals surface area contributed by atoms with Crippen LogP contribution in [-0.4, -0.2) is 29.9 Å². The molecular weight excluding hydrogens is 292 g/mol. The summed E-state index contributed by atoms with van der Waals surface area (Å²) < 4.78 is 10.8. The number of hydrogen-bond donors (Lipinski definition) is 1. The van der Waals surface area contributed by atoms with Crippen molar-refractivity contribution < 1.29 is 14.3 Å². The van der Waals surface area contributed by atoms with Gasteiger partial charge in [-0.25, -0.2) is 9.78 Å². The molecule has 5 nitrogen and oxygen atoms in total. The molecule has 1 amide bonds. The highest BCUT2D eigenvalue weighted by Gasteiger charge is 2.37. The lowest BCUT2D eigenvalue weighted by molar-refractivity contribution is 0.0156. The number of halogens is 1. The third kappa shape index (κ3) is 4.32. The van der Waals surface area contributed by atoms with Gasteiger partial charge in [0.15, 0.2) is 0 Å². The molecule has 1 aliphatic rings. The molecule has 0 bridgehead atoms. The first-order valence-electron chi connectivity index (χ1n) is 7.02. The molecule has 21 heavy (non-hydrogen) atoms. The summed E-state index contributed by atoms with van der Waals surface area (Å²) in [5.74, 6) is 0. The molecule has 116 valence electrons. The second-order valence-corrected chi connectivity index (χ2v) is 6.58. The predicted molar refractivity (Wildman–Crippen MR) is 80.3 cm³/mol. The number of carbonyl (C=O) groups is 1. The normalized spacial score (nSPS) is 18.1. The molecule has 2 rings (SSSR count). The lowest BCUT2D eigenvalue weighted by atomic mass is 9.83. The minimum Gasteiger partial charge on any atom is -0.444 e. The second kappa shape index (κ2) is 6.20. The summed E-state index contributed by atoms with van der Waals surface area (Å²) in [6.07, 6.45) is 2.62. The van der Waals surface area contributed by atoms with Crippen LogP contribution in [0.25, 0.3) is 0 Å². The number of nitrogens with one attached hydrogen (secondary N) is 1. The molecule has 1 fully saturated rings. The van der Waals surface area contributed by atoms with Crippen LogP contribution in [-0.2, 0) is 15.0 Å². The molecule has 0 aliphatic carbocycles. The molecule has 1 aromatic rings. The van der Waals surface area contributed by atoms with Crippen LogP contribution in [0.2, 0.25) is 5.15 Å². The molecule has 0 aromatic carbocycles. The Labute approximate surface area is 130 Å². The molecule has 0 radical (unpaired) electrons. The van der Waals surface area contributed by atoms with Gasteiger partial charge >= 0.3 is 6.09 Å². The van der Waals surface area contributed by atoms with Gasteiger partial charge in [-0.3, -0.25) is 0 Å². The zero-order valence-corrected chi connectivity index (χ0v) is 13.4. The van der Waals surface area contributed by atoms with Crippen LogP contribution in [0.15, 0.2) is 18.3 Å². The van der Waals surface area contributed by atoms with Crippen molar-refractivity contribution in [2.75, 3.05) is 13.2 Å². The first kappa shape index (κ1) is 16.0. The van der Waals surface area contributed by atoms with Crippen molar-refractivity contribution in [3.63, 3.8) is 0 Å². The second-order valence-electron chi connectivity index (χ2n) is 6.19. The van der Waals surface area contributed by atoms with Crippen molar-refractivity contribution in [1.29, 1.82) is 0 Å². The van der Waals surface area contributed by atoms with Crippen LogP contribution in [0, 0.1) is 0 Å². The van der Waals surface area contributed by atoms with E-state index in [2.05, 4.69) is 10.3 Å². The fourth-order valence-electron chi connectivity index (χ4n) is 2.36. The predicted octanol–water partition coefficient (Wildman–Crippen LogP) is 3.27. The molecule has 1 N–H and O–H groups in total. The van der Waals surface area contributed by atoms with Crippen molar-refractivity contribution >= 4 is 17.7 Å². The number of alkyl carbamates (subject to hydrolysis) is 1. The Kier molecular flexibility index (Phi) is 4.74. The molecule has 1 aromatic heterocycles. The third-order valence-corrected chi connectivity index (χ3v) is 3.59. The van der Waals surface area contributed by atoms with Gasteiger partial charge in [0.1, 0.15) is 10.8 Å². The number of carbonyl (C=O) groups excluding carboxylic acids is 1. The number of nitrogens with zero attached hydrogens (tertiary/aromatic N) is 1. The fourth-order valence-corrected chi connectivity index (χ4v) is 2.48. The Morgan fingerprint density at radius 2 is 2.05 bits per heavy atom. The van der Waals surface area contributed by atoms with Gasteiger partial charge in [0.2, 0.25) is 0 Å². The standard InChI is InChI=1S/C15H21ClN2O3/c1-14(2,3)21-13(19)18-15(6-8-20-9-7-15)11-4-5-12(16)17-10-11/h4-5,10H,6-9H2,1-3H3,(H,18,19). The molecule has 6 heteroatoms. The van der Waals surface area contributed by atoms with Gasteiger partial charge in [0, 0.05) is 19.4 Å². The highest BCUT2D eigenvalue weighted by atomic mass is 35.5. The van der Waals surface area contributed by atoms with Crippen molar-refractivity contribution in [2.24, 2.45) is 0 Å². The summed E-state index contributed by atoms with van der Waals surface area (Å²) in [4.78, 5) is 16.3. The monoisotopic (exact) mass is 312 g/mol. The van der Waals surface area contributed by atoms with E-state index in [1.54, 1.807) is 12.3 Å². The van der Waals surface area contributed by atoms with Gasteiger partial charge in [0.05, 0.1) is 5.54 Å². The highest BCUT2D eigenvalue weighted by Crippen LogP contribution is 2.32. The van der Waals surface area contributed by atoms with E-state index in [4.69, 9.17) is 21.1 Å². The first-order valence-corrected chi connectivity index (χ1v) is 7.39. The maximum Gasteiger partial charge on any atom is 0.408 e. The number of aromatic nitrogens is 1. The van der Waals surface area contributed by atoms with Gasteiger partial charge in [-0.15, -0.1) is 0 Å². The van der Waals surface area contributed by atoms with Crippen LogP contribution in [0.1, 0.15) is 39.2 Å². The quantitative estimate of drug-likeness (QED) is 0.851. The van der Waals surface area contributed by atoms with Crippen molar-refractivity contribution in [3.8, 4) is 0 Å². The van der Waals surface area contributed by atoms with Crippen LogP contribution >= 0.6 is 11.6 Å². The maximum absolute atomic E-state index is 12.2. The van der Waals surface area contributed by atoms with Crippen LogP contribution in [0.5, 0.6) is 0 Å². The van der Waals surface area contributed by atoms with Crippen LogP contribution in [0.3, 0.4) is 0 Å². The Balaban J connectivity index is 2.21. The van der Waals surface area contributed by atoms with Crippen LogP contribution in [0.4, 0.5) is 4.79 Å². The summed E-state index contributed by atoms with van der Waals surface area (Å²) >= 11 is 5.84. The van der Waals surface area contributed by atoms with Crippen molar-refractivity contribution in [3.05, 3.63) is 29.0 Å². The topological polar surface area (TPSA) is 60.5 Å². The van der Waals surface area contributed by atoms with E-state index in [-0.39, 0.29) is 0 Å². The average Bonchev–Trinajstić information content (AvgIpc) is 2.38. The number of rotatable bonds is 2. The summed E-state index contributed by atoms with van der Waals surface area (Å²) in [6.45, 7) is 6.68. The van der Waals surface area contributed by atoms with Gasteiger partial charge in [-0.05, 0) is 45.2 Å². The largest absolute Gasteiger partial charge is 0.444 e. The smallest absolute Gasteiger partial charge is 0.408 e. The molecule has 2 heterocycles. The molecule has 0 spiro atoms. The van der Waals surface area contributed by atoms with Gasteiger partial charge < -0.3 is 14.8 Å². The van der Waals surface area contributed by atoms with E-state index in [9.17, 15) is 4.79 Å². The number of ether oxygens (including phenoxy) is 2. The zero-order chi connectivity index (χ0) is 15.5. The fraction of sp³-hybridized carbons (Fsp3) is 0.600. The summed E-state index contributed by atoms with van der Waals surface area (Å²) in [5, 5.41) is 3.43. The number of amides is 1. The Bertz CT molecular complexity index is 491. The molecule has 1 saturated heterocycles. The van der Waals surface area contributed by atoms with Crippen molar-refractivity contribution in [2.45, 2.75) is 44.8 Å². The molecule has 1 aliphatic heterocycles. The lowest BCUT2D eigenvalue weighted by Gasteiger charge is -2.38.